The van der Waals surface area contributed by atoms with Gasteiger partial charge in [-0.2, -0.15) is 8.68 Å². The highest BCUT2D eigenvalue weighted by atomic mass is 32.2. The van der Waals surface area contributed by atoms with Crippen molar-refractivity contribution in [1.29, 1.82) is 0 Å². The number of benzene rings is 1. The summed E-state index contributed by atoms with van der Waals surface area (Å²) in [5, 5.41) is 11.0. The topological polar surface area (TPSA) is 73.7 Å². The molecule has 0 aliphatic carbocycles. The molecule has 0 bridgehead atoms. The Morgan fingerprint density at radius 3 is 2.85 bits per heavy atom. The normalized spacial score (nSPS) is 26.4. The van der Waals surface area contributed by atoms with Crippen molar-refractivity contribution in [3.63, 3.8) is 0 Å². The van der Waals surface area contributed by atoms with Crippen LogP contribution in [0, 0.1) is 5.21 Å². The summed E-state index contributed by atoms with van der Waals surface area (Å²) in [5.74, 6) is -0.687. The van der Waals surface area contributed by atoms with Crippen molar-refractivity contribution in [2.24, 2.45) is 0 Å². The summed E-state index contributed by atoms with van der Waals surface area (Å²) in [6, 6.07) is 6.49. The van der Waals surface area contributed by atoms with Gasteiger partial charge in [0, 0.05) is 0 Å². The van der Waals surface area contributed by atoms with E-state index in [2.05, 4.69) is 4.72 Å². The molecule has 0 spiro atoms. The molecule has 13 heavy (non-hydrogen) atoms. The van der Waals surface area contributed by atoms with Gasteiger partial charge in [0.2, 0.25) is 0 Å². The first kappa shape index (κ1) is 8.36. The minimum absolute atomic E-state index is 0.284. The van der Waals surface area contributed by atoms with Crippen LogP contribution in [0.5, 0.6) is 0 Å². The molecular weight excluding hydrogens is 192 g/mol. The summed E-state index contributed by atoms with van der Waals surface area (Å²) in [4.78, 5) is 11.2. The molecule has 1 aliphatic heterocycles. The molecule has 2 atom stereocenters. The molecule has 0 saturated heterocycles. The molecule has 0 radical (unpaired) electrons. The van der Waals surface area contributed by atoms with Crippen LogP contribution in [0.4, 0.5) is 5.69 Å². The second-order valence-corrected chi connectivity index (χ2v) is 3.65. The van der Waals surface area contributed by atoms with Crippen LogP contribution in [0.2, 0.25) is 0 Å². The van der Waals surface area contributed by atoms with Crippen molar-refractivity contribution in [3.8, 4) is 0 Å². The molecule has 2 N–H and O–H groups in total. The van der Waals surface area contributed by atoms with Crippen LogP contribution in [0.3, 0.4) is 0 Å². The lowest BCUT2D eigenvalue weighted by molar-refractivity contribution is -0.600. The quantitative estimate of drug-likeness (QED) is 0.537. The predicted molar refractivity (Wildman–Crippen MR) is 46.9 cm³/mol. The Hall–Kier alpha value is -1.24. The van der Waals surface area contributed by atoms with Gasteiger partial charge in [0.05, 0.1) is 5.69 Å². The van der Waals surface area contributed by atoms with Crippen LogP contribution in [0.15, 0.2) is 24.3 Å². The summed E-state index contributed by atoms with van der Waals surface area (Å²) in [6.07, 6.45) is 0. The van der Waals surface area contributed by atoms with E-state index in [0.29, 0.717) is 5.69 Å². The van der Waals surface area contributed by atoms with Gasteiger partial charge in [-0.1, -0.05) is 12.1 Å². The van der Waals surface area contributed by atoms with E-state index in [-0.39, 0.29) is 5.56 Å². The number of para-hydroxylation sites is 1. The molecular formula is C7H6N2O3S. The Bertz CT molecular complexity index is 393. The molecule has 1 aromatic rings. The predicted octanol–water partition coefficient (Wildman–Crippen LogP) is -0.786. The monoisotopic (exact) mass is 198 g/mol. The van der Waals surface area contributed by atoms with E-state index < -0.39 is 21.5 Å². The number of anilines is 1. The van der Waals surface area contributed by atoms with Crippen molar-refractivity contribution in [3.05, 3.63) is 35.0 Å². The summed E-state index contributed by atoms with van der Waals surface area (Å²) >= 11 is -1.91. The highest BCUT2D eigenvalue weighted by Gasteiger charge is 2.29. The smallest absolute Gasteiger partial charge is 0.361 e. The molecule has 1 amide bonds. The molecule has 5 nitrogen and oxygen atoms in total. The molecule has 0 fully saturated rings. The zero-order chi connectivity index (χ0) is 9.42. The standard InChI is InChI=1S/C7H6N2O3S/c10-7-5-3-1-2-4-6(5)8-13(12)9(7)11/h1-4,8-9H. The van der Waals surface area contributed by atoms with Crippen molar-refractivity contribution < 1.29 is 13.5 Å². The SMILES string of the molecule is O=C1c2ccccc2NS(=O)[NH+]1[O-]. The zero-order valence-electron chi connectivity index (χ0n) is 6.44. The van der Waals surface area contributed by atoms with Gasteiger partial charge in [-0.15, -0.1) is 0 Å². The van der Waals surface area contributed by atoms with Crippen molar-refractivity contribution in [2.75, 3.05) is 4.72 Å². The van der Waals surface area contributed by atoms with Crippen molar-refractivity contribution >= 4 is 22.8 Å². The Morgan fingerprint density at radius 1 is 1.38 bits per heavy atom. The number of quaternary nitrogens is 1. The minimum Gasteiger partial charge on any atom is -0.611 e. The van der Waals surface area contributed by atoms with Crippen LogP contribution in [0.1, 0.15) is 10.4 Å². The largest absolute Gasteiger partial charge is 0.611 e. The molecule has 6 heteroatoms. The first-order chi connectivity index (χ1) is 6.20. The molecule has 1 aromatic carbocycles. The maximum Gasteiger partial charge on any atom is 0.361 e. The molecule has 2 unspecified atom stereocenters. The Labute approximate surface area is 76.7 Å². The van der Waals surface area contributed by atoms with Crippen LogP contribution in [0.25, 0.3) is 0 Å². The van der Waals surface area contributed by atoms with E-state index in [1.165, 1.54) is 6.07 Å². The first-order valence-electron chi connectivity index (χ1n) is 3.56. The molecule has 1 aliphatic rings. The third-order valence-electron chi connectivity index (χ3n) is 1.73. The van der Waals surface area contributed by atoms with Gasteiger partial charge in [-0.25, -0.2) is 4.79 Å². The summed E-state index contributed by atoms with van der Waals surface area (Å²) in [5.41, 5.74) is 0.734. The number of hydrogen-bond donors (Lipinski definition) is 2. The number of rotatable bonds is 0. The van der Waals surface area contributed by atoms with E-state index in [4.69, 9.17) is 0 Å². The highest BCUT2D eigenvalue weighted by molar-refractivity contribution is 7.80. The van der Waals surface area contributed by atoms with Crippen molar-refractivity contribution in [2.45, 2.75) is 0 Å². The maximum absolute atomic E-state index is 11.2. The van der Waals surface area contributed by atoms with E-state index in [1.807, 2.05) is 0 Å². The number of carbonyl (C=O) groups is 1. The van der Waals surface area contributed by atoms with Crippen LogP contribution in [-0.4, -0.2) is 10.1 Å². The minimum atomic E-state index is -1.91. The second-order valence-electron chi connectivity index (χ2n) is 2.53. The van der Waals surface area contributed by atoms with Gasteiger partial charge in [-0.05, 0) is 12.1 Å². The molecule has 0 saturated carbocycles. The average Bonchev–Trinajstić information content (AvgIpc) is 2.15. The van der Waals surface area contributed by atoms with Crippen LogP contribution >= 0.6 is 0 Å². The van der Waals surface area contributed by atoms with Gasteiger partial charge in [0.1, 0.15) is 5.56 Å². The van der Waals surface area contributed by atoms with Crippen LogP contribution < -0.4 is 9.19 Å². The van der Waals surface area contributed by atoms with Gasteiger partial charge in [-0.3, -0.25) is 4.72 Å². The van der Waals surface area contributed by atoms with Crippen molar-refractivity contribution in [1.82, 2.24) is 0 Å². The number of carbonyl (C=O) groups excluding carboxylic acids is 1. The fourth-order valence-corrected chi connectivity index (χ4v) is 1.86. The van der Waals surface area contributed by atoms with Gasteiger partial charge in [0.25, 0.3) is 0 Å². The van der Waals surface area contributed by atoms with Gasteiger partial charge >= 0.3 is 17.1 Å². The number of nitrogens with one attached hydrogen (secondary N) is 2. The summed E-state index contributed by atoms with van der Waals surface area (Å²) in [6.45, 7) is 0. The lowest BCUT2D eigenvalue weighted by Gasteiger charge is -2.23. The number of amides is 1. The third kappa shape index (κ3) is 1.24. The average molecular weight is 198 g/mol. The van der Waals surface area contributed by atoms with E-state index in [1.54, 1.807) is 18.2 Å². The van der Waals surface area contributed by atoms with E-state index in [9.17, 15) is 14.2 Å². The number of fused-ring (bicyclic) bond motifs is 1. The lowest BCUT2D eigenvalue weighted by atomic mass is 10.2. The second kappa shape index (κ2) is 2.91. The Morgan fingerprint density at radius 2 is 2.08 bits per heavy atom. The fourth-order valence-electron chi connectivity index (χ4n) is 1.11. The lowest BCUT2D eigenvalue weighted by Crippen LogP contribution is -3.11. The Balaban J connectivity index is 2.55. The molecule has 2 rings (SSSR count). The first-order valence-corrected chi connectivity index (χ1v) is 4.71. The number of hydrogen-bond acceptors (Lipinski definition) is 3. The third-order valence-corrected chi connectivity index (χ3v) is 2.66. The van der Waals surface area contributed by atoms with Gasteiger partial charge in [0.15, 0.2) is 0 Å². The van der Waals surface area contributed by atoms with Gasteiger partial charge < -0.3 is 5.21 Å². The maximum atomic E-state index is 11.2. The van der Waals surface area contributed by atoms with Crippen LogP contribution in [-0.2, 0) is 11.2 Å². The highest BCUT2D eigenvalue weighted by Crippen LogP contribution is 2.16. The summed E-state index contributed by atoms with van der Waals surface area (Å²) < 4.78 is 12.5. The van der Waals surface area contributed by atoms with E-state index in [0.717, 1.165) is 0 Å². The molecule has 68 valence electrons. The fraction of sp³-hybridized carbons (Fsp3) is 0. The summed E-state index contributed by atoms with van der Waals surface area (Å²) in [7, 11) is 0. The Kier molecular flexibility index (Phi) is 1.87. The molecule has 1 heterocycles. The zero-order valence-corrected chi connectivity index (χ0v) is 7.26. The number of hydroxylamine groups is 1. The van der Waals surface area contributed by atoms with E-state index >= 15 is 0 Å². The molecule has 0 aromatic heterocycles.